The number of hydrogen-bond acceptors (Lipinski definition) is 5. The van der Waals surface area contributed by atoms with Gasteiger partial charge in [-0.1, -0.05) is 30.6 Å². The smallest absolute Gasteiger partial charge is 0.238 e. The second kappa shape index (κ2) is 7.79. The Kier molecular flexibility index (Phi) is 5.81. The average Bonchev–Trinajstić information content (AvgIpc) is 3.01. The highest BCUT2D eigenvalue weighted by atomic mass is 79.9. The Labute approximate surface area is 171 Å². The van der Waals surface area contributed by atoms with Gasteiger partial charge in [-0.25, -0.2) is 0 Å². The molecule has 0 fully saturated rings. The van der Waals surface area contributed by atoms with E-state index in [-0.39, 0.29) is 26.8 Å². The number of benzene rings is 1. The van der Waals surface area contributed by atoms with E-state index in [1.165, 1.54) is 0 Å². The number of aryl methyl sites for hydroxylation is 1. The number of aromatic nitrogens is 2. The fourth-order valence-corrected chi connectivity index (χ4v) is 4.53. The van der Waals surface area contributed by atoms with E-state index in [0.717, 1.165) is 0 Å². The molecule has 0 aliphatic heterocycles. The lowest BCUT2D eigenvalue weighted by molar-refractivity contribution is 0.0934. The summed E-state index contributed by atoms with van der Waals surface area (Å²) in [7, 11) is 0. The van der Waals surface area contributed by atoms with Crippen LogP contribution in [0.5, 0.6) is 0 Å². The number of nitrogens with zero attached hydrogens (tertiary/aromatic N) is 1. The maximum absolute atomic E-state index is 13.1. The van der Waals surface area contributed by atoms with Crippen LogP contribution in [0.2, 0.25) is 5.02 Å². The highest BCUT2D eigenvalue weighted by Gasteiger charge is 2.30. The number of rotatable bonds is 5. The quantitative estimate of drug-likeness (QED) is 0.439. The van der Waals surface area contributed by atoms with Gasteiger partial charge in [0.25, 0.3) is 0 Å². The van der Waals surface area contributed by atoms with Crippen LogP contribution in [0, 0.1) is 12.8 Å². The van der Waals surface area contributed by atoms with Crippen molar-refractivity contribution < 1.29 is 13.9 Å². The molecule has 0 amide bonds. The first-order valence-electron chi connectivity index (χ1n) is 8.09. The van der Waals surface area contributed by atoms with Gasteiger partial charge in [0.15, 0.2) is 11.5 Å². The predicted octanol–water partition coefficient (Wildman–Crippen LogP) is 4.39. The number of carbonyl (C=O) groups is 1. The molecule has 0 spiro atoms. The highest BCUT2D eigenvalue weighted by Crippen LogP contribution is 2.30. The molecule has 0 saturated heterocycles. The van der Waals surface area contributed by atoms with Crippen LogP contribution in [-0.4, -0.2) is 20.5 Å². The molecule has 6 nitrogen and oxygen atoms in total. The monoisotopic (exact) mass is 470 g/mol. The zero-order valence-electron chi connectivity index (χ0n) is 14.8. The number of H-pyrrole nitrogens is 1. The molecule has 0 aliphatic carbocycles. The number of ketones is 1. The molecule has 1 aromatic carbocycles. The summed E-state index contributed by atoms with van der Waals surface area (Å²) in [6.07, 6.45) is 0. The lowest BCUT2D eigenvalue weighted by Gasteiger charge is -2.15. The van der Waals surface area contributed by atoms with Gasteiger partial charge in [0, 0.05) is 27.6 Å². The first-order chi connectivity index (χ1) is 12.7. The Bertz CT molecular complexity index is 1090. The highest BCUT2D eigenvalue weighted by molar-refractivity contribution is 9.10. The van der Waals surface area contributed by atoms with Crippen molar-refractivity contribution in [2.75, 3.05) is 0 Å². The summed E-state index contributed by atoms with van der Waals surface area (Å²) in [6, 6.07) is 4.91. The van der Waals surface area contributed by atoms with Crippen LogP contribution < -0.4 is 5.43 Å². The maximum Gasteiger partial charge on any atom is 0.238 e. The van der Waals surface area contributed by atoms with E-state index in [4.69, 9.17) is 16.1 Å². The van der Waals surface area contributed by atoms with E-state index in [2.05, 4.69) is 26.1 Å². The second-order valence-electron chi connectivity index (χ2n) is 6.38. The third kappa shape index (κ3) is 3.85. The molecule has 3 rings (SSSR count). The van der Waals surface area contributed by atoms with Crippen molar-refractivity contribution in [3.05, 3.63) is 54.9 Å². The minimum Gasteiger partial charge on any atom is -0.610 e. The van der Waals surface area contributed by atoms with Crippen molar-refractivity contribution >= 4 is 55.4 Å². The molecular formula is C18H16BrClN2O4S. The largest absolute Gasteiger partial charge is 0.610 e. The Balaban J connectivity index is 2.25. The first kappa shape index (κ1) is 20.1. The number of fused-ring (bicyclic) bond motifs is 1. The summed E-state index contributed by atoms with van der Waals surface area (Å²) in [5.41, 5.74) is 0.205. The zero-order valence-corrected chi connectivity index (χ0v) is 17.9. The Morgan fingerprint density at radius 1 is 1.44 bits per heavy atom. The second-order valence-corrected chi connectivity index (χ2v) is 9.02. The number of pyridine rings is 1. The lowest BCUT2D eigenvalue weighted by Crippen LogP contribution is -2.26. The van der Waals surface area contributed by atoms with Crippen molar-refractivity contribution in [1.29, 1.82) is 0 Å². The Morgan fingerprint density at radius 2 is 2.15 bits per heavy atom. The maximum atomic E-state index is 13.1. The SMILES string of the molecule is Cc1cc(C[S+]([O-])c2[nH]c3c(Br)ccc(Cl)c3c(=O)c2C(=O)C(C)C)no1. The van der Waals surface area contributed by atoms with Crippen molar-refractivity contribution in [1.82, 2.24) is 10.1 Å². The Morgan fingerprint density at radius 3 is 2.74 bits per heavy atom. The van der Waals surface area contributed by atoms with Crippen LogP contribution in [0.25, 0.3) is 10.9 Å². The van der Waals surface area contributed by atoms with Crippen LogP contribution in [0.4, 0.5) is 0 Å². The summed E-state index contributed by atoms with van der Waals surface area (Å²) >= 11 is 7.86. The molecule has 142 valence electrons. The minimum atomic E-state index is -1.71. The van der Waals surface area contributed by atoms with Crippen molar-refractivity contribution in [2.24, 2.45) is 5.92 Å². The van der Waals surface area contributed by atoms with E-state index < -0.39 is 28.3 Å². The van der Waals surface area contributed by atoms with Gasteiger partial charge in [0.05, 0.1) is 15.9 Å². The van der Waals surface area contributed by atoms with Gasteiger partial charge < -0.3 is 14.1 Å². The van der Waals surface area contributed by atoms with E-state index in [0.29, 0.717) is 21.4 Å². The van der Waals surface area contributed by atoms with Gasteiger partial charge in [-0.3, -0.25) is 9.59 Å². The fourth-order valence-electron chi connectivity index (χ4n) is 2.68. The van der Waals surface area contributed by atoms with Crippen molar-refractivity contribution in [3.8, 4) is 0 Å². The number of halogens is 2. The third-order valence-electron chi connectivity index (χ3n) is 3.98. The third-order valence-corrected chi connectivity index (χ3v) is 6.27. The lowest BCUT2D eigenvalue weighted by atomic mass is 10.0. The number of Topliss-reactive ketones (excluding diaryl/α,β-unsaturated/α-hetero) is 1. The predicted molar refractivity (Wildman–Crippen MR) is 108 cm³/mol. The number of nitrogens with one attached hydrogen (secondary N) is 1. The number of aromatic amines is 1. The normalized spacial score (nSPS) is 12.7. The molecular weight excluding hydrogens is 456 g/mol. The van der Waals surface area contributed by atoms with Crippen LogP contribution in [0.1, 0.15) is 35.7 Å². The first-order valence-corrected chi connectivity index (χ1v) is 10.6. The average molecular weight is 472 g/mol. The molecule has 0 radical (unpaired) electrons. The van der Waals surface area contributed by atoms with Crippen LogP contribution in [0.3, 0.4) is 0 Å². The molecule has 0 aliphatic rings. The molecule has 9 heteroatoms. The fraction of sp³-hybridized carbons (Fsp3) is 0.278. The summed E-state index contributed by atoms with van der Waals surface area (Å²) in [4.78, 5) is 28.9. The van der Waals surface area contributed by atoms with Gasteiger partial charge in [0.2, 0.25) is 10.5 Å². The van der Waals surface area contributed by atoms with E-state index in [1.54, 1.807) is 39.0 Å². The van der Waals surface area contributed by atoms with Gasteiger partial charge in [0.1, 0.15) is 17.0 Å². The van der Waals surface area contributed by atoms with E-state index in [9.17, 15) is 14.1 Å². The summed E-state index contributed by atoms with van der Waals surface area (Å²) in [6.45, 7) is 5.09. The molecule has 2 heterocycles. The minimum absolute atomic E-state index is 0.00927. The van der Waals surface area contributed by atoms with Crippen LogP contribution in [0.15, 0.2) is 37.0 Å². The van der Waals surface area contributed by atoms with E-state index >= 15 is 0 Å². The number of carbonyl (C=O) groups excluding carboxylic acids is 1. The summed E-state index contributed by atoms with van der Waals surface area (Å²) < 4.78 is 18.6. The molecule has 27 heavy (non-hydrogen) atoms. The molecule has 0 saturated carbocycles. The topological polar surface area (TPSA) is 99.0 Å². The molecule has 3 aromatic rings. The molecule has 1 unspecified atom stereocenters. The molecule has 2 aromatic heterocycles. The van der Waals surface area contributed by atoms with Crippen molar-refractivity contribution in [2.45, 2.75) is 31.6 Å². The molecule has 1 N–H and O–H groups in total. The zero-order chi connectivity index (χ0) is 19.9. The van der Waals surface area contributed by atoms with Crippen molar-refractivity contribution in [3.63, 3.8) is 0 Å². The van der Waals surface area contributed by atoms with Gasteiger partial charge in [-0.15, -0.1) is 0 Å². The van der Waals surface area contributed by atoms with E-state index in [1.807, 2.05) is 0 Å². The van der Waals surface area contributed by atoms with Crippen LogP contribution >= 0.6 is 27.5 Å². The summed E-state index contributed by atoms with van der Waals surface area (Å²) in [5.74, 6) is -0.245. The van der Waals surface area contributed by atoms with Gasteiger partial charge in [-0.2, -0.15) is 0 Å². The Hall–Kier alpha value is -1.61. The number of hydrogen-bond donors (Lipinski definition) is 1. The van der Waals surface area contributed by atoms with Gasteiger partial charge >= 0.3 is 0 Å². The molecule has 1 atom stereocenters. The van der Waals surface area contributed by atoms with Gasteiger partial charge in [-0.05, 0) is 35.0 Å². The summed E-state index contributed by atoms with van der Waals surface area (Å²) in [5, 5.41) is 4.30. The molecule has 0 bridgehead atoms. The standard InChI is InChI=1S/C18H16BrClN2O4S/c1-8(2)16(23)14-17(24)13-12(20)5-4-11(19)15(13)21-18(14)27(25)7-10-6-9(3)26-22-10/h4-6,8H,7H2,1-3H3,(H,21,24). The van der Waals surface area contributed by atoms with Crippen LogP contribution in [-0.2, 0) is 16.9 Å².